The predicted molar refractivity (Wildman–Crippen MR) is 269 cm³/mol. The highest BCUT2D eigenvalue weighted by Gasteiger charge is 2.41. The molecule has 376 valence electrons. The van der Waals surface area contributed by atoms with Gasteiger partial charge in [-0.05, 0) is 68.7 Å². The number of aromatic nitrogens is 5. The van der Waals surface area contributed by atoms with Gasteiger partial charge in [-0.25, -0.2) is 15.0 Å². The number of thiazole rings is 1. The molecule has 0 atom stereocenters. The minimum Gasteiger partial charge on any atom is -0.383 e. The summed E-state index contributed by atoms with van der Waals surface area (Å²) in [6.07, 6.45) is 10.9. The Morgan fingerprint density at radius 2 is 1.47 bits per heavy atom. The second-order valence-corrected chi connectivity index (χ2v) is 18.9. The lowest BCUT2D eigenvalue weighted by molar-refractivity contribution is -0.122. The van der Waals surface area contributed by atoms with Crippen molar-refractivity contribution in [2.24, 2.45) is 0 Å². The number of hydrogen-bond donors (Lipinski definition) is 5. The summed E-state index contributed by atoms with van der Waals surface area (Å²) in [5.74, 6) is 0.826. The Hall–Kier alpha value is -5.81. The highest BCUT2D eigenvalue weighted by molar-refractivity contribution is 7.15. The first-order valence-corrected chi connectivity index (χ1v) is 25.2. The van der Waals surface area contributed by atoms with Crippen LogP contribution >= 0.6 is 11.3 Å². The molecule has 0 radical (unpaired) electrons. The Bertz CT molecular complexity index is 2490. The second kappa shape index (κ2) is 25.3. The lowest BCUT2D eigenvalue weighted by Gasteiger charge is -2.42. The van der Waals surface area contributed by atoms with Gasteiger partial charge in [-0.15, -0.1) is 11.3 Å². The molecule has 1 saturated heterocycles. The van der Waals surface area contributed by atoms with E-state index >= 15 is 0 Å². The molecular weight excluding hydrogens is 917 g/mol. The molecule has 70 heavy (non-hydrogen) atoms. The number of carbonyl (C=O) groups excluding carboxylic acids is 3. The zero-order chi connectivity index (χ0) is 48.5. The predicted octanol–water partition coefficient (Wildman–Crippen LogP) is 4.73. The molecule has 2 fully saturated rings. The molecule has 1 aliphatic carbocycles. The van der Waals surface area contributed by atoms with E-state index < -0.39 is 0 Å². The molecule has 21 heteroatoms. The Morgan fingerprint density at radius 1 is 0.771 bits per heavy atom. The average molecular weight is 983 g/mol. The van der Waals surface area contributed by atoms with Crippen molar-refractivity contribution < 1.29 is 38.1 Å². The number of fused-ring (bicyclic) bond motifs is 4. The minimum absolute atomic E-state index is 0.0219. The lowest BCUT2D eigenvalue weighted by Crippen LogP contribution is -2.52. The van der Waals surface area contributed by atoms with Crippen LogP contribution in [0, 0.1) is 13.8 Å². The van der Waals surface area contributed by atoms with Gasteiger partial charge in [0.05, 0.1) is 90.0 Å². The van der Waals surface area contributed by atoms with Crippen LogP contribution in [0.5, 0.6) is 0 Å². The number of rotatable bonds is 26. The van der Waals surface area contributed by atoms with Crippen molar-refractivity contribution >= 4 is 68.4 Å². The van der Waals surface area contributed by atoms with Crippen LogP contribution in [0.4, 0.5) is 28.3 Å². The first-order valence-electron chi connectivity index (χ1n) is 24.3. The number of hydrogen-bond acceptors (Lipinski definition) is 17. The van der Waals surface area contributed by atoms with Crippen molar-refractivity contribution in [1.82, 2.24) is 40.0 Å². The summed E-state index contributed by atoms with van der Waals surface area (Å²) in [7, 11) is 0. The molecule has 4 aromatic heterocycles. The monoisotopic (exact) mass is 982 g/mol. The maximum Gasteiger partial charge on any atom is 0.268 e. The van der Waals surface area contributed by atoms with Crippen LogP contribution < -0.4 is 31.5 Å². The van der Waals surface area contributed by atoms with E-state index in [1.54, 1.807) is 12.4 Å². The number of nitrogens with one attached hydrogen (secondary N) is 5. The molecule has 2 aliphatic heterocycles. The third-order valence-corrected chi connectivity index (χ3v) is 13.5. The van der Waals surface area contributed by atoms with Crippen LogP contribution in [0.1, 0.15) is 63.4 Å². The van der Waals surface area contributed by atoms with Gasteiger partial charge in [0.15, 0.2) is 5.13 Å². The Labute approximate surface area is 412 Å². The molecule has 6 heterocycles. The minimum atomic E-state index is -0.171. The largest absolute Gasteiger partial charge is 0.383 e. The van der Waals surface area contributed by atoms with Gasteiger partial charge < -0.3 is 54.4 Å². The fourth-order valence-electron chi connectivity index (χ4n) is 9.02. The molecule has 20 nitrogen and oxygen atoms in total. The zero-order valence-electron chi connectivity index (χ0n) is 40.3. The van der Waals surface area contributed by atoms with Crippen LogP contribution in [0.3, 0.4) is 0 Å². The first kappa shape index (κ1) is 50.6. The van der Waals surface area contributed by atoms with E-state index in [0.29, 0.717) is 120 Å². The quantitative estimate of drug-likeness (QED) is 0.0473. The maximum atomic E-state index is 12.8. The number of anilines is 5. The maximum absolute atomic E-state index is 12.8. The molecule has 0 bridgehead atoms. The number of carbonyl (C=O) groups is 3. The van der Waals surface area contributed by atoms with Gasteiger partial charge in [0, 0.05) is 79.7 Å². The van der Waals surface area contributed by atoms with E-state index in [2.05, 4.69) is 55.9 Å². The molecule has 1 spiro atoms. The third kappa shape index (κ3) is 14.0. The molecule has 5 aromatic rings. The topological polar surface area (TPSA) is 220 Å². The molecule has 5 N–H and O–H groups in total. The summed E-state index contributed by atoms with van der Waals surface area (Å²) in [5, 5.41) is 16.9. The summed E-state index contributed by atoms with van der Waals surface area (Å²) < 4.78 is 30.2. The second-order valence-electron chi connectivity index (χ2n) is 17.7. The smallest absolute Gasteiger partial charge is 0.268 e. The van der Waals surface area contributed by atoms with E-state index in [1.165, 1.54) is 17.8 Å². The summed E-state index contributed by atoms with van der Waals surface area (Å²) >= 11 is 1.45. The van der Waals surface area contributed by atoms with Crippen LogP contribution in [-0.2, 0) is 34.0 Å². The van der Waals surface area contributed by atoms with Gasteiger partial charge in [-0.1, -0.05) is 19.3 Å². The number of ether oxygens (including phenoxy) is 5. The summed E-state index contributed by atoms with van der Waals surface area (Å²) in [5.41, 5.74) is 4.72. The van der Waals surface area contributed by atoms with Gasteiger partial charge in [-0.3, -0.25) is 24.6 Å². The van der Waals surface area contributed by atoms with E-state index in [-0.39, 0.29) is 23.3 Å². The Kier molecular flexibility index (Phi) is 18.3. The fourth-order valence-corrected chi connectivity index (χ4v) is 9.68. The molecule has 3 amide bonds. The van der Waals surface area contributed by atoms with E-state index in [4.69, 9.17) is 28.7 Å². The molecule has 1 saturated carbocycles. The number of piperazine rings is 1. The van der Waals surface area contributed by atoms with Gasteiger partial charge in [0.25, 0.3) is 11.8 Å². The molecule has 3 aliphatic rings. The van der Waals surface area contributed by atoms with Crippen molar-refractivity contribution in [1.29, 1.82) is 0 Å². The number of pyridine rings is 1. The van der Waals surface area contributed by atoms with Crippen molar-refractivity contribution in [3.05, 3.63) is 76.7 Å². The lowest BCUT2D eigenvalue weighted by atomic mass is 9.80. The molecule has 8 rings (SSSR count). The van der Waals surface area contributed by atoms with Gasteiger partial charge in [0.1, 0.15) is 17.2 Å². The zero-order valence-corrected chi connectivity index (χ0v) is 41.1. The highest BCUT2D eigenvalue weighted by atomic mass is 32.1. The molecular formula is C49H66N12O8S. The van der Waals surface area contributed by atoms with E-state index in [0.717, 1.165) is 84.7 Å². The number of aryl methyl sites for hydroxylation is 2. The first-order chi connectivity index (χ1) is 34.2. The summed E-state index contributed by atoms with van der Waals surface area (Å²) in [4.78, 5) is 61.8. The number of benzene rings is 1. The normalized spacial score (nSPS) is 15.7. The summed E-state index contributed by atoms with van der Waals surface area (Å²) in [6, 6.07) is 11.5. The van der Waals surface area contributed by atoms with Crippen molar-refractivity contribution in [3.8, 4) is 0 Å². The standard InChI is InChI=1S/C49H66N12O8S/c1-35-28-38(6-8-40(35)45(63)58-48-54-30-36(2)70-48)50-12-18-65-20-22-67-24-26-69-27-25-68-23-21-66-19-13-51-43(62)33-59-14-16-60(17-15-59)39-7-9-42(52-32-39)56-47-53-31-37-29-41-46(64)55-34-49(10-4-3-5-11-49)61(41)44(37)57-47/h6-9,28-32,50H,3-5,10-27,33-34H2,1-2H3,(H,51,62)(H,55,64)(H,54,58,63)(H,52,53,56,57). The Morgan fingerprint density at radius 3 is 2.13 bits per heavy atom. The summed E-state index contributed by atoms with van der Waals surface area (Å²) in [6.45, 7) is 13.6. The average Bonchev–Trinajstić information content (AvgIpc) is 3.97. The van der Waals surface area contributed by atoms with Gasteiger partial charge >= 0.3 is 0 Å². The SMILES string of the molecule is Cc1cnc(NC(=O)c2ccc(NCCOCCOCCOCCOCCOCCNC(=O)CN3CCN(c4ccc(Nc5ncc6cc7n(c6n5)C5(CCCCC5)CNC7=O)nc4)CC3)cc2C)s1. The third-order valence-electron chi connectivity index (χ3n) is 12.6. The van der Waals surface area contributed by atoms with Crippen LogP contribution in [0.2, 0.25) is 0 Å². The van der Waals surface area contributed by atoms with E-state index in [1.807, 2.05) is 56.4 Å². The van der Waals surface area contributed by atoms with Gasteiger partial charge in [0.2, 0.25) is 11.9 Å². The van der Waals surface area contributed by atoms with Crippen molar-refractivity contribution in [2.45, 2.75) is 51.5 Å². The van der Waals surface area contributed by atoms with Crippen molar-refractivity contribution in [3.63, 3.8) is 0 Å². The highest BCUT2D eigenvalue weighted by Crippen LogP contribution is 2.40. The fraction of sp³-hybridized carbons (Fsp3) is 0.531. The van der Waals surface area contributed by atoms with Gasteiger partial charge in [-0.2, -0.15) is 4.98 Å². The number of amides is 3. The molecule has 1 aromatic carbocycles. The Balaban J connectivity index is 0.594. The number of nitrogens with zero attached hydrogens (tertiary/aromatic N) is 7. The van der Waals surface area contributed by atoms with Crippen LogP contribution in [0.15, 0.2) is 55.0 Å². The van der Waals surface area contributed by atoms with Crippen LogP contribution in [0.25, 0.3) is 11.0 Å². The molecule has 0 unspecified atom stereocenters. The van der Waals surface area contributed by atoms with E-state index in [9.17, 15) is 14.4 Å². The van der Waals surface area contributed by atoms with Crippen LogP contribution in [-0.4, -0.2) is 166 Å². The van der Waals surface area contributed by atoms with Crippen molar-refractivity contribution in [2.75, 3.05) is 139 Å².